The van der Waals surface area contributed by atoms with E-state index in [0.29, 0.717) is 24.6 Å². The lowest BCUT2D eigenvalue weighted by molar-refractivity contribution is 0.0923. The molecule has 7 heteroatoms. The molecule has 0 aliphatic rings. The lowest BCUT2D eigenvalue weighted by Gasteiger charge is -2.04. The zero-order chi connectivity index (χ0) is 16.1. The molecule has 1 N–H and O–H groups in total. The molecule has 0 aliphatic heterocycles. The molecule has 0 saturated heterocycles. The van der Waals surface area contributed by atoms with Gasteiger partial charge in [0, 0.05) is 31.7 Å². The number of nitrogens with zero attached hydrogens (tertiary/aromatic N) is 4. The van der Waals surface area contributed by atoms with E-state index in [9.17, 15) is 4.79 Å². The molecule has 0 atom stereocenters. The Kier molecular flexibility index (Phi) is 4.56. The van der Waals surface area contributed by atoms with Gasteiger partial charge < -0.3 is 9.73 Å². The van der Waals surface area contributed by atoms with Gasteiger partial charge in [0.1, 0.15) is 5.76 Å². The van der Waals surface area contributed by atoms with Gasteiger partial charge >= 0.3 is 0 Å². The molecule has 7 nitrogen and oxygen atoms in total. The number of rotatable bonds is 7. The molecule has 0 radical (unpaired) electrons. The van der Waals surface area contributed by atoms with Gasteiger partial charge in [-0.25, -0.2) is 0 Å². The Bertz CT molecular complexity index is 757. The van der Waals surface area contributed by atoms with Gasteiger partial charge in [0.05, 0.1) is 12.7 Å². The van der Waals surface area contributed by atoms with E-state index in [1.165, 1.54) is 0 Å². The first-order valence-corrected chi connectivity index (χ1v) is 7.54. The van der Waals surface area contributed by atoms with Crippen molar-refractivity contribution in [2.45, 2.75) is 26.4 Å². The van der Waals surface area contributed by atoms with Crippen molar-refractivity contribution in [3.05, 3.63) is 60.1 Å². The third-order valence-electron chi connectivity index (χ3n) is 3.37. The van der Waals surface area contributed by atoms with E-state index in [0.717, 1.165) is 18.5 Å². The van der Waals surface area contributed by atoms with Crippen LogP contribution in [0.15, 0.2) is 47.4 Å². The predicted molar refractivity (Wildman–Crippen MR) is 84.0 cm³/mol. The Morgan fingerprint density at radius 1 is 1.30 bits per heavy atom. The van der Waals surface area contributed by atoms with E-state index in [1.54, 1.807) is 23.0 Å². The van der Waals surface area contributed by atoms with Gasteiger partial charge in [-0.2, -0.15) is 10.2 Å². The first kappa shape index (κ1) is 15.1. The molecule has 3 aromatic heterocycles. The van der Waals surface area contributed by atoms with Crippen molar-refractivity contribution in [3.63, 3.8) is 0 Å². The van der Waals surface area contributed by atoms with E-state index in [4.69, 9.17) is 4.42 Å². The fourth-order valence-electron chi connectivity index (χ4n) is 2.26. The van der Waals surface area contributed by atoms with Gasteiger partial charge in [0.2, 0.25) is 0 Å². The van der Waals surface area contributed by atoms with Gasteiger partial charge in [-0.3, -0.25) is 14.2 Å². The zero-order valence-electron chi connectivity index (χ0n) is 13.0. The number of furan rings is 1. The van der Waals surface area contributed by atoms with Crippen molar-refractivity contribution in [3.8, 4) is 0 Å². The van der Waals surface area contributed by atoms with Crippen LogP contribution in [0.2, 0.25) is 0 Å². The van der Waals surface area contributed by atoms with E-state index in [-0.39, 0.29) is 5.91 Å². The average molecular weight is 313 g/mol. The quantitative estimate of drug-likeness (QED) is 0.675. The van der Waals surface area contributed by atoms with E-state index >= 15 is 0 Å². The molecule has 0 aromatic carbocycles. The van der Waals surface area contributed by atoms with Crippen molar-refractivity contribution in [2.75, 3.05) is 6.54 Å². The molecular weight excluding hydrogens is 294 g/mol. The third-order valence-corrected chi connectivity index (χ3v) is 3.37. The van der Waals surface area contributed by atoms with Crippen LogP contribution in [0.3, 0.4) is 0 Å². The molecular formula is C16H19N5O2. The molecule has 0 unspecified atom stereocenters. The smallest absolute Gasteiger partial charge is 0.286 e. The first-order chi connectivity index (χ1) is 11.2. The maximum absolute atomic E-state index is 12.0. The fourth-order valence-corrected chi connectivity index (χ4v) is 2.26. The summed E-state index contributed by atoms with van der Waals surface area (Å²) in [5.74, 6) is 0.821. The summed E-state index contributed by atoms with van der Waals surface area (Å²) in [6, 6.07) is 5.33. The standard InChI is InChI=1S/C16H19N5O2/c1-13-10-19-20(11-13)8-2-6-17-16(22)15-5-4-14(23-15)12-21-9-3-7-18-21/h3-5,7,9-11H,2,6,8,12H2,1H3,(H,17,22). The Hall–Kier alpha value is -2.83. The molecule has 0 fully saturated rings. The summed E-state index contributed by atoms with van der Waals surface area (Å²) in [7, 11) is 0. The van der Waals surface area contributed by atoms with E-state index < -0.39 is 0 Å². The van der Waals surface area contributed by atoms with Crippen molar-refractivity contribution in [1.29, 1.82) is 0 Å². The number of amides is 1. The predicted octanol–water partition coefficient (Wildman–Crippen LogP) is 1.85. The zero-order valence-corrected chi connectivity index (χ0v) is 13.0. The van der Waals surface area contributed by atoms with Crippen LogP contribution in [-0.2, 0) is 13.1 Å². The largest absolute Gasteiger partial charge is 0.454 e. The second-order valence-electron chi connectivity index (χ2n) is 5.36. The van der Waals surface area contributed by atoms with Gasteiger partial charge in [-0.1, -0.05) is 0 Å². The Labute approximate surface area is 133 Å². The molecule has 23 heavy (non-hydrogen) atoms. The summed E-state index contributed by atoms with van der Waals surface area (Å²) in [4.78, 5) is 12.0. The fraction of sp³-hybridized carbons (Fsp3) is 0.312. The van der Waals surface area contributed by atoms with Crippen LogP contribution in [0, 0.1) is 6.92 Å². The molecule has 3 aromatic rings. The second kappa shape index (κ2) is 6.95. The molecule has 3 heterocycles. The van der Waals surface area contributed by atoms with Crippen molar-refractivity contribution < 1.29 is 9.21 Å². The highest BCUT2D eigenvalue weighted by Crippen LogP contribution is 2.09. The molecule has 0 saturated carbocycles. The topological polar surface area (TPSA) is 77.9 Å². The lowest BCUT2D eigenvalue weighted by Crippen LogP contribution is -2.24. The second-order valence-corrected chi connectivity index (χ2v) is 5.36. The van der Waals surface area contributed by atoms with Gasteiger partial charge in [0.25, 0.3) is 5.91 Å². The third kappa shape index (κ3) is 4.09. The minimum Gasteiger partial charge on any atom is -0.454 e. The number of aromatic nitrogens is 4. The van der Waals surface area contributed by atoms with Crippen molar-refractivity contribution in [2.24, 2.45) is 0 Å². The maximum Gasteiger partial charge on any atom is 0.286 e. The Morgan fingerprint density at radius 3 is 2.96 bits per heavy atom. The molecule has 0 spiro atoms. The van der Waals surface area contributed by atoms with Gasteiger partial charge in [-0.05, 0) is 37.1 Å². The van der Waals surface area contributed by atoms with Crippen LogP contribution in [0.4, 0.5) is 0 Å². The lowest BCUT2D eigenvalue weighted by atomic mass is 10.3. The average Bonchev–Trinajstić information content (AvgIpc) is 3.26. The summed E-state index contributed by atoms with van der Waals surface area (Å²) in [6.07, 6.45) is 8.17. The number of carbonyl (C=O) groups excluding carboxylic acids is 1. The molecule has 120 valence electrons. The molecule has 3 rings (SSSR count). The summed E-state index contributed by atoms with van der Waals surface area (Å²) in [5.41, 5.74) is 1.13. The summed E-state index contributed by atoms with van der Waals surface area (Å²) >= 11 is 0. The van der Waals surface area contributed by atoms with Crippen molar-refractivity contribution >= 4 is 5.91 Å². The monoisotopic (exact) mass is 313 g/mol. The molecule has 0 bridgehead atoms. The highest BCUT2D eigenvalue weighted by atomic mass is 16.4. The number of hydrogen-bond acceptors (Lipinski definition) is 4. The van der Waals surface area contributed by atoms with Crippen LogP contribution in [0.5, 0.6) is 0 Å². The number of nitrogens with one attached hydrogen (secondary N) is 1. The minimum absolute atomic E-state index is 0.201. The van der Waals surface area contributed by atoms with Crippen molar-refractivity contribution in [1.82, 2.24) is 24.9 Å². The highest BCUT2D eigenvalue weighted by Gasteiger charge is 2.11. The van der Waals surface area contributed by atoms with Gasteiger partial charge in [0.15, 0.2) is 5.76 Å². The normalized spacial score (nSPS) is 10.8. The SMILES string of the molecule is Cc1cnn(CCCNC(=O)c2ccc(Cn3cccn3)o2)c1. The number of carbonyl (C=O) groups is 1. The number of hydrogen-bond donors (Lipinski definition) is 1. The van der Waals surface area contributed by atoms with Crippen LogP contribution >= 0.6 is 0 Å². The Balaban J connectivity index is 1.44. The summed E-state index contributed by atoms with van der Waals surface area (Å²) in [6.45, 7) is 3.87. The van der Waals surface area contributed by atoms with Crippen LogP contribution < -0.4 is 5.32 Å². The number of aryl methyl sites for hydroxylation is 2. The van der Waals surface area contributed by atoms with Gasteiger partial charge in [-0.15, -0.1) is 0 Å². The highest BCUT2D eigenvalue weighted by molar-refractivity contribution is 5.91. The molecule has 0 aliphatic carbocycles. The van der Waals surface area contributed by atoms with Crippen LogP contribution in [-0.4, -0.2) is 32.0 Å². The summed E-state index contributed by atoms with van der Waals surface area (Å²) < 4.78 is 9.16. The van der Waals surface area contributed by atoms with E-state index in [2.05, 4.69) is 15.5 Å². The molecule has 1 amide bonds. The summed E-state index contributed by atoms with van der Waals surface area (Å²) in [5, 5.41) is 11.2. The maximum atomic E-state index is 12.0. The first-order valence-electron chi connectivity index (χ1n) is 7.54. The Morgan fingerprint density at radius 2 is 2.22 bits per heavy atom. The van der Waals surface area contributed by atoms with Crippen LogP contribution in [0.25, 0.3) is 0 Å². The van der Waals surface area contributed by atoms with E-state index in [1.807, 2.05) is 36.3 Å². The minimum atomic E-state index is -0.201. The van der Waals surface area contributed by atoms with Crippen LogP contribution in [0.1, 0.15) is 28.3 Å².